The van der Waals surface area contributed by atoms with Gasteiger partial charge in [0.25, 0.3) is 0 Å². The highest BCUT2D eigenvalue weighted by molar-refractivity contribution is 6.28. The molecule has 4 heterocycles. The molecule has 4 aromatic heterocycles. The summed E-state index contributed by atoms with van der Waals surface area (Å²) < 4.78 is 3.62. The number of benzene rings is 1. The van der Waals surface area contributed by atoms with Crippen molar-refractivity contribution in [3.8, 4) is 5.69 Å². The Bertz CT molecular complexity index is 1200. The van der Waals surface area contributed by atoms with E-state index >= 15 is 0 Å². The Balaban J connectivity index is 1.50. The fourth-order valence-electron chi connectivity index (χ4n) is 2.85. The highest BCUT2D eigenvalue weighted by Gasteiger charge is 2.09. The van der Waals surface area contributed by atoms with Crippen molar-refractivity contribution >= 4 is 39.7 Å². The van der Waals surface area contributed by atoms with Crippen LogP contribution in [0.1, 0.15) is 0 Å². The molecule has 1 aromatic carbocycles. The molecule has 0 aliphatic heterocycles. The third-order valence-electron chi connectivity index (χ3n) is 4.03. The maximum absolute atomic E-state index is 5.98. The molecule has 0 bridgehead atoms. The van der Waals surface area contributed by atoms with Crippen molar-refractivity contribution in [2.75, 3.05) is 5.32 Å². The van der Waals surface area contributed by atoms with Crippen LogP contribution < -0.4 is 5.32 Å². The maximum atomic E-state index is 5.98. The number of anilines is 2. The highest BCUT2D eigenvalue weighted by atomic mass is 35.5. The number of halogens is 1. The van der Waals surface area contributed by atoms with E-state index in [4.69, 9.17) is 11.6 Å². The van der Waals surface area contributed by atoms with Crippen molar-refractivity contribution < 1.29 is 0 Å². The molecule has 0 fully saturated rings. The molecule has 122 valence electrons. The first-order valence-electron chi connectivity index (χ1n) is 7.66. The molecule has 0 aliphatic carbocycles. The summed E-state index contributed by atoms with van der Waals surface area (Å²) in [5.74, 6) is 1.28. The summed E-state index contributed by atoms with van der Waals surface area (Å²) in [4.78, 5) is 11.9. The summed E-state index contributed by atoms with van der Waals surface area (Å²) in [5.41, 5.74) is 2.92. The van der Waals surface area contributed by atoms with E-state index in [0.29, 0.717) is 11.6 Å². The lowest BCUT2D eigenvalue weighted by Crippen LogP contribution is -2.01. The third-order valence-corrected chi connectivity index (χ3v) is 4.19. The Morgan fingerprint density at radius 2 is 2.12 bits per heavy atom. The quantitative estimate of drug-likeness (QED) is 0.519. The topological polar surface area (TPSA) is 75.8 Å². The van der Waals surface area contributed by atoms with Crippen LogP contribution in [0.5, 0.6) is 0 Å². The van der Waals surface area contributed by atoms with Crippen molar-refractivity contribution in [2.24, 2.45) is 0 Å². The zero-order chi connectivity index (χ0) is 16.8. The van der Waals surface area contributed by atoms with Gasteiger partial charge in [-0.2, -0.15) is 4.98 Å². The van der Waals surface area contributed by atoms with Gasteiger partial charge in [0.15, 0.2) is 5.82 Å². The number of imidazole rings is 1. The van der Waals surface area contributed by atoms with Crippen LogP contribution in [0.4, 0.5) is 11.6 Å². The number of nitrogens with zero attached hydrogens (tertiary/aromatic N) is 5. The molecule has 0 atom stereocenters. The normalized spacial score (nSPS) is 11.4. The van der Waals surface area contributed by atoms with E-state index < -0.39 is 0 Å². The smallest absolute Gasteiger partial charge is 0.243 e. The minimum Gasteiger partial charge on any atom is -0.361 e. The third kappa shape index (κ3) is 2.41. The molecule has 2 N–H and O–H groups in total. The SMILES string of the molecule is Clc1nc(Nc2cn(-c3ccc4cc[nH]c4c3)cn2)c2cccn2n1. The van der Waals surface area contributed by atoms with E-state index in [9.17, 15) is 0 Å². The second-order valence-electron chi connectivity index (χ2n) is 5.61. The fourth-order valence-corrected chi connectivity index (χ4v) is 3.01. The van der Waals surface area contributed by atoms with Gasteiger partial charge in [0.05, 0.1) is 6.20 Å². The van der Waals surface area contributed by atoms with Crippen molar-refractivity contribution in [2.45, 2.75) is 0 Å². The first-order chi connectivity index (χ1) is 12.3. The molecule has 5 aromatic rings. The van der Waals surface area contributed by atoms with Gasteiger partial charge in [-0.15, -0.1) is 5.10 Å². The summed E-state index contributed by atoms with van der Waals surface area (Å²) in [5, 5.41) is 8.66. The molecule has 0 saturated carbocycles. The zero-order valence-electron chi connectivity index (χ0n) is 12.9. The number of hydrogen-bond donors (Lipinski definition) is 2. The first kappa shape index (κ1) is 14.1. The maximum Gasteiger partial charge on any atom is 0.243 e. The summed E-state index contributed by atoms with van der Waals surface area (Å²) in [7, 11) is 0. The van der Waals surface area contributed by atoms with Crippen molar-refractivity contribution in [3.05, 3.63) is 66.6 Å². The van der Waals surface area contributed by atoms with Gasteiger partial charge in [-0.3, -0.25) is 0 Å². The number of aromatic amines is 1. The average Bonchev–Trinajstić information content (AvgIpc) is 3.34. The number of nitrogens with one attached hydrogen (secondary N) is 2. The lowest BCUT2D eigenvalue weighted by atomic mass is 10.2. The number of H-pyrrole nitrogens is 1. The van der Waals surface area contributed by atoms with E-state index in [1.807, 2.05) is 41.4 Å². The van der Waals surface area contributed by atoms with Gasteiger partial charge < -0.3 is 14.9 Å². The number of fused-ring (bicyclic) bond motifs is 2. The van der Waals surface area contributed by atoms with Gasteiger partial charge >= 0.3 is 0 Å². The minimum absolute atomic E-state index is 0.169. The Morgan fingerprint density at radius 1 is 1.16 bits per heavy atom. The molecule has 8 heteroatoms. The number of aromatic nitrogens is 6. The summed E-state index contributed by atoms with van der Waals surface area (Å²) in [6.07, 6.45) is 7.40. The van der Waals surface area contributed by atoms with Crippen LogP contribution in [-0.4, -0.2) is 29.1 Å². The molecule has 0 amide bonds. The highest BCUT2D eigenvalue weighted by Crippen LogP contribution is 2.22. The minimum atomic E-state index is 0.169. The van der Waals surface area contributed by atoms with Crippen LogP contribution in [0.15, 0.2) is 61.3 Å². The Kier molecular flexibility index (Phi) is 3.01. The van der Waals surface area contributed by atoms with E-state index in [0.717, 1.165) is 16.7 Å². The first-order valence-corrected chi connectivity index (χ1v) is 8.03. The van der Waals surface area contributed by atoms with Crippen LogP contribution in [-0.2, 0) is 0 Å². The fraction of sp³-hybridized carbons (Fsp3) is 0. The molecule has 5 rings (SSSR count). The van der Waals surface area contributed by atoms with Crippen LogP contribution in [0.25, 0.3) is 22.1 Å². The molecule has 7 nitrogen and oxygen atoms in total. The molecule has 0 unspecified atom stereocenters. The molecular formula is C17H12ClN7. The molecule has 0 saturated heterocycles. The van der Waals surface area contributed by atoms with Crippen LogP contribution in [0.3, 0.4) is 0 Å². The monoisotopic (exact) mass is 349 g/mol. The zero-order valence-corrected chi connectivity index (χ0v) is 13.6. The molecular weight excluding hydrogens is 338 g/mol. The van der Waals surface area contributed by atoms with E-state index in [1.165, 1.54) is 5.39 Å². The van der Waals surface area contributed by atoms with E-state index in [1.54, 1.807) is 10.8 Å². The van der Waals surface area contributed by atoms with Crippen molar-refractivity contribution in [1.82, 2.24) is 29.1 Å². The largest absolute Gasteiger partial charge is 0.361 e. The van der Waals surface area contributed by atoms with E-state index in [-0.39, 0.29) is 5.28 Å². The summed E-state index contributed by atoms with van der Waals surface area (Å²) in [6.45, 7) is 0. The standard InChI is InChI=1S/C17H12ClN7/c18-17-22-16(14-2-1-7-25(14)23-17)21-15-9-24(10-20-15)12-4-3-11-5-6-19-13(11)8-12/h1-10,19H,(H,21,22,23). The molecule has 25 heavy (non-hydrogen) atoms. The van der Waals surface area contributed by atoms with Crippen molar-refractivity contribution in [1.29, 1.82) is 0 Å². The Hall–Kier alpha value is -3.32. The molecule has 0 aliphatic rings. The van der Waals surface area contributed by atoms with Crippen LogP contribution in [0.2, 0.25) is 5.28 Å². The Labute approximate surface area is 146 Å². The molecule has 0 radical (unpaired) electrons. The molecule has 0 spiro atoms. The predicted molar refractivity (Wildman–Crippen MR) is 96.7 cm³/mol. The number of rotatable bonds is 3. The average molecular weight is 350 g/mol. The van der Waals surface area contributed by atoms with Gasteiger partial charge in [-0.05, 0) is 47.3 Å². The summed E-state index contributed by atoms with van der Waals surface area (Å²) in [6, 6.07) is 12.0. The van der Waals surface area contributed by atoms with Gasteiger partial charge in [0.1, 0.15) is 17.7 Å². The van der Waals surface area contributed by atoms with Gasteiger partial charge in [-0.25, -0.2) is 9.50 Å². The second kappa shape index (κ2) is 5.35. The van der Waals surface area contributed by atoms with Gasteiger partial charge in [0.2, 0.25) is 5.28 Å². The Morgan fingerprint density at radius 3 is 3.08 bits per heavy atom. The van der Waals surface area contributed by atoms with Gasteiger partial charge in [-0.1, -0.05) is 6.07 Å². The summed E-state index contributed by atoms with van der Waals surface area (Å²) >= 11 is 5.98. The predicted octanol–water partition coefficient (Wildman–Crippen LogP) is 3.79. The van der Waals surface area contributed by atoms with Crippen LogP contribution in [0, 0.1) is 0 Å². The van der Waals surface area contributed by atoms with E-state index in [2.05, 4.69) is 43.6 Å². The van der Waals surface area contributed by atoms with Crippen molar-refractivity contribution in [3.63, 3.8) is 0 Å². The number of hydrogen-bond acceptors (Lipinski definition) is 4. The lowest BCUT2D eigenvalue weighted by Gasteiger charge is -2.05. The lowest BCUT2D eigenvalue weighted by molar-refractivity contribution is 0.907. The van der Waals surface area contributed by atoms with Gasteiger partial charge in [0, 0.05) is 23.6 Å². The second-order valence-corrected chi connectivity index (χ2v) is 5.95. The van der Waals surface area contributed by atoms with Crippen LogP contribution >= 0.6 is 11.6 Å².